The molecule has 0 aliphatic rings. The first-order chi connectivity index (χ1) is 9.49. The first-order valence-corrected chi connectivity index (χ1v) is 6.45. The molecule has 0 aliphatic carbocycles. The van der Waals surface area contributed by atoms with Gasteiger partial charge in [0.1, 0.15) is 6.54 Å². The number of hydrogen-bond donors (Lipinski definition) is 2. The van der Waals surface area contributed by atoms with Crippen LogP contribution < -0.4 is 11.1 Å². The SMILES string of the molecule is Cc1cccnc1CNC(=O)Cn1nc(C)c(N)c1C. The van der Waals surface area contributed by atoms with E-state index in [2.05, 4.69) is 15.4 Å². The zero-order valence-corrected chi connectivity index (χ0v) is 12.0. The minimum Gasteiger partial charge on any atom is -0.396 e. The van der Waals surface area contributed by atoms with Crippen LogP contribution in [0.2, 0.25) is 0 Å². The third-order valence-electron chi connectivity index (χ3n) is 3.30. The fourth-order valence-corrected chi connectivity index (χ4v) is 1.94. The van der Waals surface area contributed by atoms with Gasteiger partial charge in [-0.15, -0.1) is 0 Å². The molecule has 2 heterocycles. The van der Waals surface area contributed by atoms with Gasteiger partial charge in [-0.25, -0.2) is 0 Å². The van der Waals surface area contributed by atoms with Crippen LogP contribution >= 0.6 is 0 Å². The van der Waals surface area contributed by atoms with E-state index < -0.39 is 0 Å². The van der Waals surface area contributed by atoms with Crippen LogP contribution in [-0.2, 0) is 17.9 Å². The topological polar surface area (TPSA) is 85.8 Å². The Kier molecular flexibility index (Phi) is 4.02. The summed E-state index contributed by atoms with van der Waals surface area (Å²) in [5.41, 5.74) is 9.96. The Labute approximate surface area is 118 Å². The second kappa shape index (κ2) is 5.73. The number of hydrogen-bond acceptors (Lipinski definition) is 4. The van der Waals surface area contributed by atoms with E-state index in [4.69, 9.17) is 5.73 Å². The molecule has 0 bridgehead atoms. The van der Waals surface area contributed by atoms with Gasteiger partial charge in [0.2, 0.25) is 5.91 Å². The number of nitrogens with one attached hydrogen (secondary N) is 1. The van der Waals surface area contributed by atoms with E-state index in [1.54, 1.807) is 10.9 Å². The maximum absolute atomic E-state index is 11.9. The summed E-state index contributed by atoms with van der Waals surface area (Å²) in [4.78, 5) is 16.2. The molecule has 0 spiro atoms. The summed E-state index contributed by atoms with van der Waals surface area (Å²) in [5, 5.41) is 7.08. The first-order valence-electron chi connectivity index (χ1n) is 6.45. The Balaban J connectivity index is 1.96. The smallest absolute Gasteiger partial charge is 0.242 e. The minimum absolute atomic E-state index is 0.111. The van der Waals surface area contributed by atoms with Gasteiger partial charge in [-0.2, -0.15) is 5.10 Å². The van der Waals surface area contributed by atoms with Crippen molar-refractivity contribution in [2.24, 2.45) is 0 Å². The molecule has 0 saturated carbocycles. The number of aromatic nitrogens is 3. The third kappa shape index (κ3) is 2.96. The van der Waals surface area contributed by atoms with Crippen molar-refractivity contribution in [3.63, 3.8) is 0 Å². The Bertz CT molecular complexity index is 632. The lowest BCUT2D eigenvalue weighted by Gasteiger charge is -2.08. The highest BCUT2D eigenvalue weighted by atomic mass is 16.2. The van der Waals surface area contributed by atoms with Crippen molar-refractivity contribution < 1.29 is 4.79 Å². The zero-order chi connectivity index (χ0) is 14.7. The first kappa shape index (κ1) is 14.0. The lowest BCUT2D eigenvalue weighted by molar-refractivity contribution is -0.122. The number of pyridine rings is 1. The predicted octanol–water partition coefficient (Wildman–Crippen LogP) is 1.10. The van der Waals surface area contributed by atoms with E-state index in [0.717, 1.165) is 22.6 Å². The summed E-state index contributed by atoms with van der Waals surface area (Å²) in [6.45, 7) is 6.23. The summed E-state index contributed by atoms with van der Waals surface area (Å²) in [7, 11) is 0. The molecule has 6 nitrogen and oxygen atoms in total. The summed E-state index contributed by atoms with van der Waals surface area (Å²) >= 11 is 0. The van der Waals surface area contributed by atoms with Crippen LogP contribution in [0.25, 0.3) is 0 Å². The lowest BCUT2D eigenvalue weighted by atomic mass is 10.2. The van der Waals surface area contributed by atoms with Crippen molar-refractivity contribution in [2.75, 3.05) is 5.73 Å². The maximum Gasteiger partial charge on any atom is 0.242 e. The number of anilines is 1. The van der Waals surface area contributed by atoms with Crippen molar-refractivity contribution in [1.29, 1.82) is 0 Å². The molecule has 106 valence electrons. The molecule has 0 aliphatic heterocycles. The van der Waals surface area contributed by atoms with Gasteiger partial charge in [-0.05, 0) is 32.4 Å². The quantitative estimate of drug-likeness (QED) is 0.873. The van der Waals surface area contributed by atoms with Crippen LogP contribution in [0, 0.1) is 20.8 Å². The number of nitrogen functional groups attached to an aromatic ring is 1. The summed E-state index contributed by atoms with van der Waals surface area (Å²) in [5.74, 6) is -0.111. The number of carbonyl (C=O) groups excluding carboxylic acids is 1. The molecule has 2 aromatic rings. The van der Waals surface area contributed by atoms with Crippen LogP contribution in [0.1, 0.15) is 22.6 Å². The molecule has 1 amide bonds. The molecule has 0 atom stereocenters. The second-order valence-electron chi connectivity index (χ2n) is 4.79. The van der Waals surface area contributed by atoms with E-state index in [0.29, 0.717) is 12.2 Å². The van der Waals surface area contributed by atoms with Gasteiger partial charge >= 0.3 is 0 Å². The van der Waals surface area contributed by atoms with Gasteiger partial charge in [0.25, 0.3) is 0 Å². The average molecular weight is 273 g/mol. The molecule has 0 aromatic carbocycles. The number of nitrogens with two attached hydrogens (primary N) is 1. The van der Waals surface area contributed by atoms with Crippen molar-refractivity contribution in [3.05, 3.63) is 41.0 Å². The normalized spacial score (nSPS) is 10.6. The van der Waals surface area contributed by atoms with E-state index in [9.17, 15) is 4.79 Å². The lowest BCUT2D eigenvalue weighted by Crippen LogP contribution is -2.28. The molecule has 0 unspecified atom stereocenters. The van der Waals surface area contributed by atoms with E-state index >= 15 is 0 Å². The fraction of sp³-hybridized carbons (Fsp3) is 0.357. The van der Waals surface area contributed by atoms with Gasteiger partial charge in [0.05, 0.1) is 29.3 Å². The largest absolute Gasteiger partial charge is 0.396 e. The molecule has 20 heavy (non-hydrogen) atoms. The number of amides is 1. The van der Waals surface area contributed by atoms with Gasteiger partial charge in [0, 0.05) is 6.20 Å². The average Bonchev–Trinajstić information content (AvgIpc) is 2.65. The highest BCUT2D eigenvalue weighted by Crippen LogP contribution is 2.14. The molecular weight excluding hydrogens is 254 g/mol. The number of nitrogens with zero attached hydrogens (tertiary/aromatic N) is 3. The summed E-state index contributed by atoms with van der Waals surface area (Å²) < 4.78 is 1.62. The summed E-state index contributed by atoms with van der Waals surface area (Å²) in [6.07, 6.45) is 1.72. The van der Waals surface area contributed by atoms with Crippen LogP contribution in [-0.4, -0.2) is 20.7 Å². The number of carbonyl (C=O) groups is 1. The monoisotopic (exact) mass is 273 g/mol. The minimum atomic E-state index is -0.111. The highest BCUT2D eigenvalue weighted by molar-refractivity contribution is 5.75. The van der Waals surface area contributed by atoms with Crippen LogP contribution in [0.15, 0.2) is 18.3 Å². The molecule has 0 saturated heterocycles. The highest BCUT2D eigenvalue weighted by Gasteiger charge is 2.11. The number of rotatable bonds is 4. The Morgan fingerprint density at radius 3 is 2.75 bits per heavy atom. The zero-order valence-electron chi connectivity index (χ0n) is 12.0. The van der Waals surface area contributed by atoms with E-state index in [1.165, 1.54) is 0 Å². The van der Waals surface area contributed by atoms with Crippen molar-refractivity contribution in [3.8, 4) is 0 Å². The van der Waals surface area contributed by atoms with Crippen LogP contribution in [0.3, 0.4) is 0 Å². The predicted molar refractivity (Wildman–Crippen MR) is 76.9 cm³/mol. The number of aryl methyl sites for hydroxylation is 2. The Morgan fingerprint density at radius 1 is 1.40 bits per heavy atom. The standard InChI is InChI=1S/C14H19N5O/c1-9-5-4-6-16-12(9)7-17-13(20)8-19-11(3)14(15)10(2)18-19/h4-6H,7-8,15H2,1-3H3,(H,17,20). The Morgan fingerprint density at radius 2 is 2.15 bits per heavy atom. The third-order valence-corrected chi connectivity index (χ3v) is 3.30. The van der Waals surface area contributed by atoms with Gasteiger partial charge in [0.15, 0.2) is 0 Å². The van der Waals surface area contributed by atoms with E-state index in [-0.39, 0.29) is 12.5 Å². The molecule has 0 radical (unpaired) electrons. The molecular formula is C14H19N5O. The molecule has 6 heteroatoms. The van der Waals surface area contributed by atoms with Crippen molar-refractivity contribution in [2.45, 2.75) is 33.9 Å². The maximum atomic E-state index is 11.9. The van der Waals surface area contributed by atoms with E-state index in [1.807, 2.05) is 32.9 Å². The second-order valence-corrected chi connectivity index (χ2v) is 4.79. The van der Waals surface area contributed by atoms with Crippen LogP contribution in [0.4, 0.5) is 5.69 Å². The molecule has 0 fully saturated rings. The molecule has 2 aromatic heterocycles. The van der Waals surface area contributed by atoms with Crippen molar-refractivity contribution >= 4 is 11.6 Å². The fourth-order valence-electron chi connectivity index (χ4n) is 1.94. The molecule has 3 N–H and O–H groups in total. The summed E-state index contributed by atoms with van der Waals surface area (Å²) in [6, 6.07) is 3.84. The van der Waals surface area contributed by atoms with Gasteiger partial charge < -0.3 is 11.1 Å². The molecule has 2 rings (SSSR count). The van der Waals surface area contributed by atoms with Crippen LogP contribution in [0.5, 0.6) is 0 Å². The van der Waals surface area contributed by atoms with Crippen molar-refractivity contribution in [1.82, 2.24) is 20.1 Å². The van der Waals surface area contributed by atoms with Gasteiger partial charge in [-0.3, -0.25) is 14.5 Å². The Hall–Kier alpha value is -2.37. The van der Waals surface area contributed by atoms with Gasteiger partial charge in [-0.1, -0.05) is 6.07 Å².